The maximum Gasteiger partial charge on any atom is 0.257 e. The third-order valence-electron chi connectivity index (χ3n) is 3.37. The van der Waals surface area contributed by atoms with Gasteiger partial charge in [0.1, 0.15) is 5.75 Å². The molecule has 2 amide bonds. The molecule has 0 bridgehead atoms. The van der Waals surface area contributed by atoms with E-state index in [9.17, 15) is 14.7 Å². The Morgan fingerprint density at radius 3 is 2.53 bits per heavy atom. The number of rotatable bonds is 2. The van der Waals surface area contributed by atoms with Crippen molar-refractivity contribution < 1.29 is 14.7 Å². The number of phenolic OH excluding ortho intramolecular Hbond substituents is 1. The maximum atomic E-state index is 12.2. The van der Waals surface area contributed by atoms with E-state index in [2.05, 4.69) is 0 Å². The lowest BCUT2D eigenvalue weighted by Gasteiger charge is -2.30. The number of aromatic hydroxyl groups is 1. The Bertz CT molecular complexity index is 511. The van der Waals surface area contributed by atoms with Crippen LogP contribution in [-0.2, 0) is 4.79 Å². The number of likely N-dealkylation sites (tertiary alicyclic amines) is 1. The number of hydrogen-bond donors (Lipinski definition) is 2. The first-order chi connectivity index (χ1) is 8.99. The van der Waals surface area contributed by atoms with Crippen molar-refractivity contribution in [1.82, 2.24) is 4.90 Å². The molecular weight excluding hydrogens is 268 g/mol. The Balaban J connectivity index is 2.09. The van der Waals surface area contributed by atoms with Gasteiger partial charge in [-0.2, -0.15) is 0 Å². The first-order valence-electron chi connectivity index (χ1n) is 6.06. The van der Waals surface area contributed by atoms with Crippen molar-refractivity contribution >= 4 is 23.4 Å². The average Bonchev–Trinajstić information content (AvgIpc) is 2.41. The summed E-state index contributed by atoms with van der Waals surface area (Å²) in [5.74, 6) is -0.857. The van der Waals surface area contributed by atoms with Gasteiger partial charge in [-0.05, 0) is 31.0 Å². The van der Waals surface area contributed by atoms with Crippen LogP contribution in [0.25, 0.3) is 0 Å². The molecule has 1 aliphatic rings. The number of nitrogens with two attached hydrogens (primary N) is 1. The highest BCUT2D eigenvalue weighted by atomic mass is 35.5. The fourth-order valence-electron chi connectivity index (χ4n) is 2.22. The molecule has 0 spiro atoms. The first-order valence-corrected chi connectivity index (χ1v) is 6.44. The van der Waals surface area contributed by atoms with Crippen LogP contribution in [0, 0.1) is 5.92 Å². The number of halogens is 1. The minimum atomic E-state index is -0.322. The van der Waals surface area contributed by atoms with E-state index in [0.717, 1.165) is 0 Å². The highest BCUT2D eigenvalue weighted by Crippen LogP contribution is 2.25. The zero-order valence-electron chi connectivity index (χ0n) is 10.3. The summed E-state index contributed by atoms with van der Waals surface area (Å²) in [5.41, 5.74) is 5.43. The second-order valence-corrected chi connectivity index (χ2v) is 5.07. The van der Waals surface area contributed by atoms with Crippen molar-refractivity contribution in [1.29, 1.82) is 0 Å². The van der Waals surface area contributed by atoms with E-state index in [1.807, 2.05) is 0 Å². The molecule has 0 radical (unpaired) electrons. The fraction of sp³-hybridized carbons (Fsp3) is 0.385. The van der Waals surface area contributed by atoms with Crippen LogP contribution in [0.2, 0.25) is 5.02 Å². The quantitative estimate of drug-likeness (QED) is 0.859. The van der Waals surface area contributed by atoms with Gasteiger partial charge >= 0.3 is 0 Å². The summed E-state index contributed by atoms with van der Waals surface area (Å²) in [6.07, 6.45) is 1.12. The van der Waals surface area contributed by atoms with Crippen molar-refractivity contribution in [3.8, 4) is 5.75 Å². The molecule has 0 aromatic heterocycles. The summed E-state index contributed by atoms with van der Waals surface area (Å²) in [4.78, 5) is 24.9. The molecule has 1 heterocycles. The number of amides is 2. The normalized spacial score (nSPS) is 16.4. The Hall–Kier alpha value is -1.75. The maximum absolute atomic E-state index is 12.2. The second-order valence-electron chi connectivity index (χ2n) is 4.63. The average molecular weight is 283 g/mol. The van der Waals surface area contributed by atoms with E-state index in [4.69, 9.17) is 17.3 Å². The van der Waals surface area contributed by atoms with Gasteiger partial charge in [-0.15, -0.1) is 0 Å². The summed E-state index contributed by atoms with van der Waals surface area (Å²) < 4.78 is 0. The molecule has 2 rings (SSSR count). The lowest BCUT2D eigenvalue weighted by molar-refractivity contribution is -0.123. The Morgan fingerprint density at radius 2 is 1.95 bits per heavy atom. The van der Waals surface area contributed by atoms with Crippen LogP contribution in [-0.4, -0.2) is 34.9 Å². The SMILES string of the molecule is NC(=O)C1CCN(C(=O)c2cc(Cl)ccc2O)CC1. The third-order valence-corrected chi connectivity index (χ3v) is 3.61. The van der Waals surface area contributed by atoms with Crippen molar-refractivity contribution in [3.05, 3.63) is 28.8 Å². The zero-order chi connectivity index (χ0) is 14.0. The lowest BCUT2D eigenvalue weighted by atomic mass is 9.96. The Labute approximate surface area is 116 Å². The number of carbonyl (C=O) groups is 2. The van der Waals surface area contributed by atoms with Crippen molar-refractivity contribution in [2.24, 2.45) is 11.7 Å². The predicted octanol–water partition coefficient (Wildman–Crippen LogP) is 1.38. The van der Waals surface area contributed by atoms with Crippen LogP contribution in [0.15, 0.2) is 18.2 Å². The zero-order valence-corrected chi connectivity index (χ0v) is 11.1. The number of carbonyl (C=O) groups excluding carboxylic acids is 2. The van der Waals surface area contributed by atoms with Gasteiger partial charge in [0, 0.05) is 24.0 Å². The van der Waals surface area contributed by atoms with Gasteiger partial charge in [0.2, 0.25) is 5.91 Å². The number of phenols is 1. The molecule has 1 aromatic rings. The number of hydrogen-bond acceptors (Lipinski definition) is 3. The number of benzene rings is 1. The summed E-state index contributed by atoms with van der Waals surface area (Å²) in [6, 6.07) is 4.36. The van der Waals surface area contributed by atoms with E-state index in [1.54, 1.807) is 4.90 Å². The molecule has 1 aliphatic heterocycles. The molecule has 3 N–H and O–H groups in total. The molecule has 1 fully saturated rings. The molecule has 0 aliphatic carbocycles. The lowest BCUT2D eigenvalue weighted by Crippen LogP contribution is -2.41. The molecule has 0 saturated carbocycles. The van der Waals surface area contributed by atoms with E-state index in [-0.39, 0.29) is 29.0 Å². The van der Waals surface area contributed by atoms with Gasteiger partial charge < -0.3 is 15.7 Å². The summed E-state index contributed by atoms with van der Waals surface area (Å²) >= 11 is 5.82. The predicted molar refractivity (Wildman–Crippen MR) is 70.9 cm³/mol. The van der Waals surface area contributed by atoms with Gasteiger partial charge in [0.15, 0.2) is 0 Å². The van der Waals surface area contributed by atoms with Gasteiger partial charge in [0.25, 0.3) is 5.91 Å². The Kier molecular flexibility index (Phi) is 3.95. The van der Waals surface area contributed by atoms with Crippen LogP contribution in [0.5, 0.6) is 5.75 Å². The van der Waals surface area contributed by atoms with E-state index in [1.165, 1.54) is 18.2 Å². The van der Waals surface area contributed by atoms with Gasteiger partial charge in [-0.25, -0.2) is 0 Å². The second kappa shape index (κ2) is 5.48. The Morgan fingerprint density at radius 1 is 1.32 bits per heavy atom. The molecule has 19 heavy (non-hydrogen) atoms. The summed E-state index contributed by atoms with van der Waals surface area (Å²) in [6.45, 7) is 0.913. The van der Waals surface area contributed by atoms with Crippen molar-refractivity contribution in [2.45, 2.75) is 12.8 Å². The molecule has 0 atom stereocenters. The van der Waals surface area contributed by atoms with E-state index < -0.39 is 0 Å². The fourth-order valence-corrected chi connectivity index (χ4v) is 2.39. The minimum absolute atomic E-state index is 0.0913. The van der Waals surface area contributed by atoms with Crippen LogP contribution in [0.4, 0.5) is 0 Å². The highest BCUT2D eigenvalue weighted by Gasteiger charge is 2.27. The van der Waals surface area contributed by atoms with E-state index >= 15 is 0 Å². The van der Waals surface area contributed by atoms with Crippen molar-refractivity contribution in [2.75, 3.05) is 13.1 Å². The van der Waals surface area contributed by atoms with Gasteiger partial charge in [-0.1, -0.05) is 11.6 Å². The third kappa shape index (κ3) is 2.98. The number of piperidine rings is 1. The summed E-state index contributed by atoms with van der Waals surface area (Å²) in [7, 11) is 0. The number of nitrogens with zero attached hydrogens (tertiary/aromatic N) is 1. The monoisotopic (exact) mass is 282 g/mol. The van der Waals surface area contributed by atoms with Gasteiger partial charge in [0.05, 0.1) is 5.56 Å². The highest BCUT2D eigenvalue weighted by molar-refractivity contribution is 6.31. The smallest absolute Gasteiger partial charge is 0.257 e. The topological polar surface area (TPSA) is 83.6 Å². The van der Waals surface area contributed by atoms with E-state index in [0.29, 0.717) is 31.0 Å². The standard InChI is InChI=1S/C13H15ClN2O3/c14-9-1-2-11(17)10(7-9)13(19)16-5-3-8(4-6-16)12(15)18/h1-2,7-8,17H,3-6H2,(H2,15,18). The van der Waals surface area contributed by atoms with Crippen LogP contribution in [0.1, 0.15) is 23.2 Å². The molecule has 102 valence electrons. The minimum Gasteiger partial charge on any atom is -0.507 e. The van der Waals surface area contributed by atoms with Crippen LogP contribution < -0.4 is 5.73 Å². The van der Waals surface area contributed by atoms with Crippen LogP contribution >= 0.6 is 11.6 Å². The largest absolute Gasteiger partial charge is 0.507 e. The summed E-state index contributed by atoms with van der Waals surface area (Å²) in [5, 5.41) is 10.1. The molecular formula is C13H15ClN2O3. The van der Waals surface area contributed by atoms with Gasteiger partial charge in [-0.3, -0.25) is 9.59 Å². The molecule has 6 heteroatoms. The molecule has 1 saturated heterocycles. The molecule has 1 aromatic carbocycles. The first kappa shape index (κ1) is 13.7. The number of primary amides is 1. The van der Waals surface area contributed by atoms with Crippen LogP contribution in [0.3, 0.4) is 0 Å². The molecule has 5 nitrogen and oxygen atoms in total. The van der Waals surface area contributed by atoms with Crippen molar-refractivity contribution in [3.63, 3.8) is 0 Å². The molecule has 0 unspecified atom stereocenters.